The molecule has 1 aliphatic rings. The molecule has 1 aromatic heterocycles. The van der Waals surface area contributed by atoms with Gasteiger partial charge in [0.15, 0.2) is 0 Å². The topological polar surface area (TPSA) is 85.5 Å². The minimum absolute atomic E-state index is 0.200. The molecule has 134 valence electrons. The van der Waals surface area contributed by atoms with Crippen molar-refractivity contribution >= 4 is 21.8 Å². The van der Waals surface area contributed by atoms with Crippen molar-refractivity contribution in [3.8, 4) is 23.2 Å². The highest BCUT2D eigenvalue weighted by molar-refractivity contribution is 9.10. The van der Waals surface area contributed by atoms with Crippen LogP contribution in [0.5, 0.6) is 5.88 Å². The molecule has 0 radical (unpaired) electrons. The number of nitriles is 1. The van der Waals surface area contributed by atoms with Gasteiger partial charge in [0, 0.05) is 10.4 Å². The van der Waals surface area contributed by atoms with Crippen LogP contribution >= 0.6 is 15.9 Å². The van der Waals surface area contributed by atoms with Crippen LogP contribution in [-0.2, 0) is 0 Å². The maximum absolute atomic E-state index is 14.7. The van der Waals surface area contributed by atoms with E-state index in [1.807, 2.05) is 31.2 Å². The number of nitrogens with zero attached hydrogens (tertiary/aromatic N) is 2. The molecule has 7 heteroatoms. The first kappa shape index (κ1) is 17.4. The smallest absolute Gasteiger partial charge is 0.244 e. The third-order valence-corrected chi connectivity index (χ3v) is 5.17. The molecular formula is C20H14BrFN4O. The number of hydrogen-bond acceptors (Lipinski definition) is 4. The molecule has 5 nitrogen and oxygen atoms in total. The molecule has 2 atom stereocenters. The second-order valence-corrected chi connectivity index (χ2v) is 7.32. The average molecular weight is 425 g/mol. The van der Waals surface area contributed by atoms with Gasteiger partial charge in [-0.15, -0.1) is 5.10 Å². The fourth-order valence-corrected chi connectivity index (χ4v) is 3.73. The van der Waals surface area contributed by atoms with Crippen molar-refractivity contribution in [1.82, 2.24) is 10.2 Å². The second kappa shape index (κ2) is 6.63. The van der Waals surface area contributed by atoms with Crippen molar-refractivity contribution in [1.29, 1.82) is 10.7 Å². The van der Waals surface area contributed by atoms with Gasteiger partial charge in [-0.1, -0.05) is 45.8 Å². The maximum Gasteiger partial charge on any atom is 0.244 e. The quantitative estimate of drug-likeness (QED) is 0.611. The largest absolute Gasteiger partial charge is 0.422 e. The number of rotatable bonds is 2. The third kappa shape index (κ3) is 2.92. The lowest BCUT2D eigenvalue weighted by molar-refractivity contribution is 0.432. The van der Waals surface area contributed by atoms with Crippen molar-refractivity contribution in [3.63, 3.8) is 0 Å². The number of H-pyrrole nitrogens is 1. The summed E-state index contributed by atoms with van der Waals surface area (Å²) in [5.74, 6) is -2.15. The van der Waals surface area contributed by atoms with Crippen LogP contribution in [0.3, 0.4) is 0 Å². The molecule has 2 unspecified atom stereocenters. The van der Waals surface area contributed by atoms with E-state index in [2.05, 4.69) is 32.2 Å². The molecule has 2 heterocycles. The highest BCUT2D eigenvalue weighted by Gasteiger charge is 2.42. The highest BCUT2D eigenvalue weighted by Crippen LogP contribution is 2.46. The molecule has 0 saturated heterocycles. The highest BCUT2D eigenvalue weighted by atomic mass is 79.9. The van der Waals surface area contributed by atoms with Gasteiger partial charge in [-0.05, 0) is 36.2 Å². The van der Waals surface area contributed by atoms with Gasteiger partial charge < -0.3 is 4.74 Å². The van der Waals surface area contributed by atoms with E-state index < -0.39 is 17.7 Å². The summed E-state index contributed by atoms with van der Waals surface area (Å²) in [6.07, 6.45) is 0. The number of hydrogen-bond donors (Lipinski definition) is 2. The predicted octanol–water partition coefficient (Wildman–Crippen LogP) is 4.93. The van der Waals surface area contributed by atoms with Crippen molar-refractivity contribution in [3.05, 3.63) is 69.4 Å². The number of halogens is 2. The first-order valence-electron chi connectivity index (χ1n) is 8.25. The number of nitrogens with one attached hydrogen (secondary N) is 2. The molecule has 1 aliphatic heterocycles. The monoisotopic (exact) mass is 424 g/mol. The van der Waals surface area contributed by atoms with E-state index in [0.29, 0.717) is 21.3 Å². The van der Waals surface area contributed by atoms with E-state index in [9.17, 15) is 9.65 Å². The Bertz CT molecular complexity index is 1080. The molecule has 0 bridgehead atoms. The Hall–Kier alpha value is -2.98. The lowest BCUT2D eigenvalue weighted by atomic mass is 9.78. The van der Waals surface area contributed by atoms with Gasteiger partial charge in [0.1, 0.15) is 11.7 Å². The zero-order valence-corrected chi connectivity index (χ0v) is 15.8. The Morgan fingerprint density at radius 3 is 2.70 bits per heavy atom. The van der Waals surface area contributed by atoms with Gasteiger partial charge in [-0.25, -0.2) is 4.39 Å². The predicted molar refractivity (Wildman–Crippen MR) is 102 cm³/mol. The van der Waals surface area contributed by atoms with E-state index in [-0.39, 0.29) is 11.8 Å². The fraction of sp³-hybridized carbons (Fsp3) is 0.150. The summed E-state index contributed by atoms with van der Waals surface area (Å²) >= 11 is 3.36. The van der Waals surface area contributed by atoms with Gasteiger partial charge in [-0.3, -0.25) is 10.5 Å². The van der Waals surface area contributed by atoms with Gasteiger partial charge in [0.2, 0.25) is 11.8 Å². The molecule has 0 amide bonds. The van der Waals surface area contributed by atoms with E-state index in [1.165, 1.54) is 6.07 Å². The van der Waals surface area contributed by atoms with Crippen LogP contribution in [0.15, 0.2) is 46.9 Å². The van der Waals surface area contributed by atoms with Gasteiger partial charge in [-0.2, -0.15) is 5.26 Å². The number of ether oxygens (including phenoxy) is 1. The molecular weight excluding hydrogens is 411 g/mol. The summed E-state index contributed by atoms with van der Waals surface area (Å²) in [4.78, 5) is 0. The Morgan fingerprint density at radius 2 is 2.00 bits per heavy atom. The first-order valence-corrected chi connectivity index (χ1v) is 9.05. The van der Waals surface area contributed by atoms with E-state index >= 15 is 0 Å². The third-order valence-electron chi connectivity index (χ3n) is 4.67. The lowest BCUT2D eigenvalue weighted by Gasteiger charge is -2.28. The molecule has 0 aliphatic carbocycles. The molecule has 0 saturated carbocycles. The minimum Gasteiger partial charge on any atom is -0.422 e. The Balaban J connectivity index is 1.97. The Morgan fingerprint density at radius 1 is 1.26 bits per heavy atom. The zero-order chi connectivity index (χ0) is 19.1. The number of fused-ring (bicyclic) bond motifs is 1. The molecule has 2 N–H and O–H groups in total. The number of benzene rings is 2. The SMILES string of the molecule is Cc1ccc(-c2[nH]nc3c2C(c2cc(Br)ccc2F)C(C#N)C(=N)O3)cc1. The van der Waals surface area contributed by atoms with Crippen LogP contribution in [0.25, 0.3) is 11.3 Å². The molecule has 3 aromatic rings. The van der Waals surface area contributed by atoms with Crippen molar-refractivity contribution in [2.45, 2.75) is 12.8 Å². The molecule has 27 heavy (non-hydrogen) atoms. The fourth-order valence-electron chi connectivity index (χ4n) is 3.35. The van der Waals surface area contributed by atoms with Crippen LogP contribution in [0.4, 0.5) is 4.39 Å². The summed E-state index contributed by atoms with van der Waals surface area (Å²) in [5, 5.41) is 24.9. The second-order valence-electron chi connectivity index (χ2n) is 6.40. The van der Waals surface area contributed by atoms with Crippen LogP contribution in [0.1, 0.15) is 22.6 Å². The summed E-state index contributed by atoms with van der Waals surface area (Å²) in [5.41, 5.74) is 3.51. The summed E-state index contributed by atoms with van der Waals surface area (Å²) < 4.78 is 20.9. The van der Waals surface area contributed by atoms with Crippen LogP contribution in [0, 0.1) is 35.4 Å². The maximum atomic E-state index is 14.7. The first-order chi connectivity index (χ1) is 13.0. The number of aryl methyl sites for hydroxylation is 1. The van der Waals surface area contributed by atoms with E-state index in [4.69, 9.17) is 10.1 Å². The lowest BCUT2D eigenvalue weighted by Crippen LogP contribution is -2.31. The van der Waals surface area contributed by atoms with Crippen LogP contribution in [-0.4, -0.2) is 16.1 Å². The minimum atomic E-state index is -0.955. The Labute approximate surface area is 163 Å². The molecule has 0 fully saturated rings. The van der Waals surface area contributed by atoms with Crippen LogP contribution < -0.4 is 4.74 Å². The van der Waals surface area contributed by atoms with E-state index in [1.54, 1.807) is 12.1 Å². The van der Waals surface area contributed by atoms with Crippen LogP contribution in [0.2, 0.25) is 0 Å². The molecule has 2 aromatic carbocycles. The average Bonchev–Trinajstić information content (AvgIpc) is 3.06. The summed E-state index contributed by atoms with van der Waals surface area (Å²) in [7, 11) is 0. The van der Waals surface area contributed by atoms with Gasteiger partial charge >= 0.3 is 0 Å². The van der Waals surface area contributed by atoms with Gasteiger partial charge in [0.25, 0.3) is 0 Å². The number of aromatic nitrogens is 2. The van der Waals surface area contributed by atoms with E-state index in [0.717, 1.165) is 11.1 Å². The van der Waals surface area contributed by atoms with Crippen molar-refractivity contribution < 1.29 is 9.13 Å². The summed E-state index contributed by atoms with van der Waals surface area (Å²) in [6.45, 7) is 1.99. The molecule has 4 rings (SSSR count). The summed E-state index contributed by atoms with van der Waals surface area (Å²) in [6, 6.07) is 14.5. The van der Waals surface area contributed by atoms with Gasteiger partial charge in [0.05, 0.1) is 17.3 Å². The standard InChI is InChI=1S/C20H14BrFN4O/c1-10-2-4-11(5-3-10)18-17-16(13-8-12(21)6-7-15(13)22)14(9-23)19(24)27-20(17)26-25-18/h2-8,14,16,24H,1H3,(H,25,26). The number of aromatic amines is 1. The molecule has 0 spiro atoms. The zero-order valence-electron chi connectivity index (χ0n) is 14.3. The van der Waals surface area contributed by atoms with Crippen molar-refractivity contribution in [2.75, 3.05) is 0 Å². The van der Waals surface area contributed by atoms with Crippen molar-refractivity contribution in [2.24, 2.45) is 5.92 Å². The Kier molecular flexibility index (Phi) is 4.28. The normalized spacial score (nSPS) is 18.5.